The second-order valence-corrected chi connectivity index (χ2v) is 8.73. The van der Waals surface area contributed by atoms with Crippen LogP contribution in [0.3, 0.4) is 0 Å². The summed E-state index contributed by atoms with van der Waals surface area (Å²) in [5, 5.41) is 8.50. The smallest absolute Gasteiger partial charge is 0.214 e. The zero-order chi connectivity index (χ0) is 17.0. The van der Waals surface area contributed by atoms with E-state index in [2.05, 4.69) is 36.1 Å². The standard InChI is InChI=1S/C15H29N5O2S/c1-5-10-23(21,22)19-8-6-15(7-9-19)20-12-14(16-17-20)11-18(4)13(2)3/h12-13,15H,5-11H2,1-4H3. The maximum absolute atomic E-state index is 12.1. The van der Waals surface area contributed by atoms with E-state index in [1.807, 2.05) is 17.8 Å². The Morgan fingerprint density at radius 3 is 2.57 bits per heavy atom. The van der Waals surface area contributed by atoms with E-state index >= 15 is 0 Å². The summed E-state index contributed by atoms with van der Waals surface area (Å²) in [6.45, 7) is 8.13. The van der Waals surface area contributed by atoms with Crippen LogP contribution in [0.25, 0.3) is 0 Å². The molecule has 1 aromatic heterocycles. The molecule has 1 aliphatic rings. The summed E-state index contributed by atoms with van der Waals surface area (Å²) in [4.78, 5) is 2.22. The van der Waals surface area contributed by atoms with Crippen LogP contribution < -0.4 is 0 Å². The molecule has 0 unspecified atom stereocenters. The first kappa shape index (κ1) is 18.4. The summed E-state index contributed by atoms with van der Waals surface area (Å²) in [6, 6.07) is 0.709. The van der Waals surface area contributed by atoms with Gasteiger partial charge in [-0.1, -0.05) is 12.1 Å². The van der Waals surface area contributed by atoms with Crippen molar-refractivity contribution in [1.82, 2.24) is 24.2 Å². The number of hydrogen-bond acceptors (Lipinski definition) is 5. The summed E-state index contributed by atoms with van der Waals surface area (Å²) in [6.07, 6.45) is 4.26. The van der Waals surface area contributed by atoms with E-state index in [9.17, 15) is 8.42 Å². The third-order valence-corrected chi connectivity index (χ3v) is 6.58. The van der Waals surface area contributed by atoms with Crippen LogP contribution in [0.4, 0.5) is 0 Å². The highest BCUT2D eigenvalue weighted by Crippen LogP contribution is 2.24. The van der Waals surface area contributed by atoms with Gasteiger partial charge in [0.25, 0.3) is 0 Å². The van der Waals surface area contributed by atoms with Crippen molar-refractivity contribution in [2.45, 2.75) is 58.7 Å². The van der Waals surface area contributed by atoms with Crippen molar-refractivity contribution in [1.29, 1.82) is 0 Å². The maximum atomic E-state index is 12.1. The van der Waals surface area contributed by atoms with E-state index < -0.39 is 10.0 Å². The van der Waals surface area contributed by atoms with Gasteiger partial charge in [-0.25, -0.2) is 17.4 Å². The second kappa shape index (κ2) is 7.72. The first-order valence-corrected chi connectivity index (χ1v) is 10.0. The van der Waals surface area contributed by atoms with Gasteiger partial charge in [-0.15, -0.1) is 5.10 Å². The molecule has 0 atom stereocenters. The lowest BCUT2D eigenvalue weighted by atomic mass is 10.1. The fourth-order valence-electron chi connectivity index (χ4n) is 2.77. The van der Waals surface area contributed by atoms with Crippen LogP contribution in [0.2, 0.25) is 0 Å². The number of sulfonamides is 1. The molecule has 0 bridgehead atoms. The Balaban J connectivity index is 1.92. The highest BCUT2D eigenvalue weighted by atomic mass is 32.2. The molecular formula is C15H29N5O2S. The third kappa shape index (κ3) is 4.74. The van der Waals surface area contributed by atoms with E-state index in [4.69, 9.17) is 0 Å². The Hall–Kier alpha value is -0.990. The Labute approximate surface area is 139 Å². The van der Waals surface area contributed by atoms with Crippen molar-refractivity contribution in [2.24, 2.45) is 0 Å². The SMILES string of the molecule is CCCS(=O)(=O)N1CCC(n2cc(CN(C)C(C)C)nn2)CC1. The van der Waals surface area contributed by atoms with Gasteiger partial charge >= 0.3 is 0 Å². The molecule has 0 amide bonds. The molecule has 0 spiro atoms. The van der Waals surface area contributed by atoms with Crippen LogP contribution in [0.1, 0.15) is 51.8 Å². The maximum Gasteiger partial charge on any atom is 0.214 e. The normalized spacial score (nSPS) is 18.2. The zero-order valence-corrected chi connectivity index (χ0v) is 15.5. The number of piperidine rings is 1. The molecule has 0 saturated carbocycles. The van der Waals surface area contributed by atoms with Crippen molar-refractivity contribution in [2.75, 3.05) is 25.9 Å². The van der Waals surface area contributed by atoms with Gasteiger partial charge in [0.05, 0.1) is 23.7 Å². The van der Waals surface area contributed by atoms with Crippen molar-refractivity contribution >= 4 is 10.0 Å². The number of rotatable bonds is 7. The molecule has 2 rings (SSSR count). The van der Waals surface area contributed by atoms with Crippen molar-refractivity contribution in [3.8, 4) is 0 Å². The van der Waals surface area contributed by atoms with Gasteiger partial charge in [-0.3, -0.25) is 4.90 Å². The first-order chi connectivity index (χ1) is 10.8. The lowest BCUT2D eigenvalue weighted by molar-refractivity contribution is 0.257. The fourth-order valence-corrected chi connectivity index (χ4v) is 4.32. The molecule has 1 aromatic rings. The lowest BCUT2D eigenvalue weighted by Gasteiger charge is -2.30. The quantitative estimate of drug-likeness (QED) is 0.750. The molecule has 8 heteroatoms. The molecule has 1 saturated heterocycles. The molecule has 0 aromatic carbocycles. The number of nitrogens with zero attached hydrogens (tertiary/aromatic N) is 5. The largest absolute Gasteiger partial charge is 0.298 e. The second-order valence-electron chi connectivity index (χ2n) is 6.64. The topological polar surface area (TPSA) is 71.3 Å². The van der Waals surface area contributed by atoms with Gasteiger partial charge < -0.3 is 0 Å². The summed E-state index contributed by atoms with van der Waals surface area (Å²) in [5.74, 6) is 0.243. The summed E-state index contributed by atoms with van der Waals surface area (Å²) in [7, 11) is -1.01. The lowest BCUT2D eigenvalue weighted by Crippen LogP contribution is -2.40. The van der Waals surface area contributed by atoms with Crippen LogP contribution in [-0.2, 0) is 16.6 Å². The van der Waals surface area contributed by atoms with E-state index in [0.717, 1.165) is 25.1 Å². The van der Waals surface area contributed by atoms with Gasteiger partial charge in [-0.2, -0.15) is 0 Å². The van der Waals surface area contributed by atoms with Crippen LogP contribution in [0, 0.1) is 0 Å². The molecule has 1 aliphatic heterocycles. The molecule has 0 radical (unpaired) electrons. The van der Waals surface area contributed by atoms with E-state index in [1.165, 1.54) is 0 Å². The molecule has 1 fully saturated rings. The van der Waals surface area contributed by atoms with Gasteiger partial charge in [0.15, 0.2) is 0 Å². The minimum absolute atomic E-state index is 0.243. The Kier molecular flexibility index (Phi) is 6.16. The molecule has 7 nitrogen and oxygen atoms in total. The monoisotopic (exact) mass is 343 g/mol. The summed E-state index contributed by atoms with van der Waals surface area (Å²) < 4.78 is 27.7. The van der Waals surface area contributed by atoms with Crippen molar-refractivity contribution in [3.63, 3.8) is 0 Å². The number of hydrogen-bond donors (Lipinski definition) is 0. The minimum atomic E-state index is -3.08. The van der Waals surface area contributed by atoms with Crippen LogP contribution >= 0.6 is 0 Å². The average Bonchev–Trinajstić information content (AvgIpc) is 2.95. The highest BCUT2D eigenvalue weighted by Gasteiger charge is 2.28. The molecular weight excluding hydrogens is 314 g/mol. The average molecular weight is 343 g/mol. The van der Waals surface area contributed by atoms with E-state index in [-0.39, 0.29) is 11.8 Å². The summed E-state index contributed by atoms with van der Waals surface area (Å²) >= 11 is 0. The van der Waals surface area contributed by atoms with Gasteiger partial charge in [0, 0.05) is 25.7 Å². The first-order valence-electron chi connectivity index (χ1n) is 8.42. The molecule has 132 valence electrons. The van der Waals surface area contributed by atoms with Gasteiger partial charge in [-0.05, 0) is 40.2 Å². The molecule has 0 aliphatic carbocycles. The number of aromatic nitrogens is 3. The van der Waals surface area contributed by atoms with E-state index in [1.54, 1.807) is 4.31 Å². The Morgan fingerprint density at radius 2 is 2.00 bits per heavy atom. The molecule has 0 N–H and O–H groups in total. The van der Waals surface area contributed by atoms with Crippen molar-refractivity contribution in [3.05, 3.63) is 11.9 Å². The van der Waals surface area contributed by atoms with Crippen molar-refractivity contribution < 1.29 is 8.42 Å². The summed E-state index contributed by atoms with van der Waals surface area (Å²) in [5.41, 5.74) is 0.960. The Morgan fingerprint density at radius 1 is 1.35 bits per heavy atom. The van der Waals surface area contributed by atoms with E-state index in [0.29, 0.717) is 25.6 Å². The van der Waals surface area contributed by atoms with Crippen LogP contribution in [0.15, 0.2) is 6.20 Å². The fraction of sp³-hybridized carbons (Fsp3) is 0.867. The predicted octanol–water partition coefficient (Wildman–Crippen LogP) is 1.49. The molecule has 2 heterocycles. The van der Waals surface area contributed by atoms with Gasteiger partial charge in [0.1, 0.15) is 0 Å². The van der Waals surface area contributed by atoms with Gasteiger partial charge in [0.2, 0.25) is 10.0 Å². The third-order valence-electron chi connectivity index (χ3n) is 4.50. The van der Waals surface area contributed by atoms with Crippen LogP contribution in [0.5, 0.6) is 0 Å². The Bertz CT molecular complexity index is 591. The highest BCUT2D eigenvalue weighted by molar-refractivity contribution is 7.89. The minimum Gasteiger partial charge on any atom is -0.298 e. The zero-order valence-electron chi connectivity index (χ0n) is 14.6. The predicted molar refractivity (Wildman–Crippen MR) is 90.5 cm³/mol. The van der Waals surface area contributed by atoms with Crippen LogP contribution in [-0.4, -0.2) is 64.5 Å². The molecule has 23 heavy (non-hydrogen) atoms.